The molecule has 0 fully saturated rings. The molecule has 0 amide bonds. The van der Waals surface area contributed by atoms with Gasteiger partial charge in [-0.3, -0.25) is 19.2 Å². The Kier molecular flexibility index (Phi) is 20.3. The normalized spacial score (nSPS) is 15.5. The Hall–Kier alpha value is -6.80. The molecule has 462 valence electrons. The van der Waals surface area contributed by atoms with Crippen molar-refractivity contribution in [3.05, 3.63) is 190 Å². The third kappa shape index (κ3) is 13.5. The van der Waals surface area contributed by atoms with Crippen molar-refractivity contribution in [1.82, 2.24) is 0 Å². The number of carbonyl (C=O) groups is 4. The lowest BCUT2D eigenvalue weighted by Crippen LogP contribution is -2.52. The van der Waals surface area contributed by atoms with E-state index in [4.69, 9.17) is 18.9 Å². The van der Waals surface area contributed by atoms with Crippen LogP contribution in [0.2, 0.25) is 0 Å². The molecule has 0 aliphatic heterocycles. The van der Waals surface area contributed by atoms with Crippen LogP contribution < -0.4 is 18.9 Å². The fourth-order valence-corrected chi connectivity index (χ4v) is 11.7. The number of carbonyl (C=O) groups excluding carboxylic acids is 4. The van der Waals surface area contributed by atoms with Gasteiger partial charge in [0.05, 0.1) is 16.2 Å². The van der Waals surface area contributed by atoms with Crippen molar-refractivity contribution in [1.29, 1.82) is 0 Å². The summed E-state index contributed by atoms with van der Waals surface area (Å²) < 4.78 is 26.6. The maximum Gasteiger partial charge on any atom is 0.172 e. The zero-order valence-electron chi connectivity index (χ0n) is 56.4. The molecule has 0 radical (unpaired) electrons. The number of Topliss-reactive ketones (excluding diaryl/α,β-unsaturated/α-hetero) is 4. The van der Waals surface area contributed by atoms with Crippen LogP contribution in [0.25, 0.3) is 0 Å². The molecular formula is C78H102O8. The minimum Gasteiger partial charge on any atom is -0.488 e. The zero-order chi connectivity index (χ0) is 64.3. The second kappa shape index (κ2) is 25.5. The van der Waals surface area contributed by atoms with E-state index in [1.54, 1.807) is 48.5 Å². The second-order valence-corrected chi connectivity index (χ2v) is 28.2. The molecule has 0 heterocycles. The standard InChI is InChI=1S/C78H102O8/c1-23-69(7,8)65(79)55-30-29-31-56(52-55)68(82)76(20,26-4)74(17,18)85-63-48-40-59(41-49-63)72(13,14)60-42-50-64(51-43-60)86-78(22,28-6)77(21,27-5)67(81)54-34-32-53(33-35-54)66(80)75(19,25-3)73(15,16)84-62-46-38-58(39-47-62)71(11,12)57-36-44-61(45-37-57)83-70(9,10)24-2/h29-52H,23-28H2,1-22H3. The Morgan fingerprint density at radius 3 is 0.919 bits per heavy atom. The number of benzene rings is 6. The van der Waals surface area contributed by atoms with Gasteiger partial charge in [-0.05, 0) is 185 Å². The van der Waals surface area contributed by atoms with E-state index in [0.717, 1.165) is 28.9 Å². The molecular weight excluding hydrogens is 1060 g/mol. The van der Waals surface area contributed by atoms with E-state index < -0.39 is 43.9 Å². The molecule has 0 aromatic heterocycles. The van der Waals surface area contributed by atoms with Crippen molar-refractivity contribution in [3.8, 4) is 23.0 Å². The van der Waals surface area contributed by atoms with Gasteiger partial charge < -0.3 is 18.9 Å². The Morgan fingerprint density at radius 2 is 0.605 bits per heavy atom. The lowest BCUT2D eigenvalue weighted by molar-refractivity contribution is -0.0276. The summed E-state index contributed by atoms with van der Waals surface area (Å²) in [4.78, 5) is 57.3. The summed E-state index contributed by atoms with van der Waals surface area (Å²) in [7, 11) is 0. The summed E-state index contributed by atoms with van der Waals surface area (Å²) in [6.45, 7) is 44.9. The largest absolute Gasteiger partial charge is 0.488 e. The minimum atomic E-state index is -0.924. The maximum atomic E-state index is 14.9. The van der Waals surface area contributed by atoms with Crippen molar-refractivity contribution in [2.24, 2.45) is 21.7 Å². The second-order valence-electron chi connectivity index (χ2n) is 28.2. The first-order valence-electron chi connectivity index (χ1n) is 31.5. The van der Waals surface area contributed by atoms with Crippen LogP contribution >= 0.6 is 0 Å². The molecule has 4 atom stereocenters. The Bertz CT molecular complexity index is 3320. The van der Waals surface area contributed by atoms with E-state index in [1.807, 2.05) is 145 Å². The fourth-order valence-electron chi connectivity index (χ4n) is 11.7. The highest BCUT2D eigenvalue weighted by molar-refractivity contribution is 6.06. The van der Waals surface area contributed by atoms with Gasteiger partial charge in [0.2, 0.25) is 0 Å². The summed E-state index contributed by atoms with van der Waals surface area (Å²) in [5.41, 5.74) is -0.287. The van der Waals surface area contributed by atoms with Gasteiger partial charge in [0.15, 0.2) is 23.1 Å². The molecule has 0 bridgehead atoms. The molecule has 0 aliphatic carbocycles. The van der Waals surface area contributed by atoms with Crippen LogP contribution in [-0.2, 0) is 10.8 Å². The maximum absolute atomic E-state index is 14.9. The Morgan fingerprint density at radius 1 is 0.302 bits per heavy atom. The number of ketones is 4. The van der Waals surface area contributed by atoms with Gasteiger partial charge in [-0.2, -0.15) is 0 Å². The number of hydrogen-bond donors (Lipinski definition) is 0. The van der Waals surface area contributed by atoms with Gasteiger partial charge in [-0.15, -0.1) is 0 Å². The molecule has 6 rings (SSSR count). The van der Waals surface area contributed by atoms with E-state index >= 15 is 0 Å². The Labute approximate surface area is 517 Å². The lowest BCUT2D eigenvalue weighted by Gasteiger charge is -2.44. The predicted molar refractivity (Wildman–Crippen MR) is 353 cm³/mol. The van der Waals surface area contributed by atoms with Gasteiger partial charge in [0.25, 0.3) is 0 Å². The number of rotatable bonds is 29. The van der Waals surface area contributed by atoms with Gasteiger partial charge in [0.1, 0.15) is 45.4 Å². The summed E-state index contributed by atoms with van der Waals surface area (Å²) >= 11 is 0. The molecule has 0 saturated heterocycles. The highest BCUT2D eigenvalue weighted by atomic mass is 16.5. The third-order valence-corrected chi connectivity index (χ3v) is 21.1. The molecule has 4 unspecified atom stereocenters. The Balaban J connectivity index is 1.12. The first-order valence-corrected chi connectivity index (χ1v) is 31.5. The summed E-state index contributed by atoms with van der Waals surface area (Å²) in [5.74, 6) is 2.72. The van der Waals surface area contributed by atoms with Gasteiger partial charge in [-0.25, -0.2) is 0 Å². The van der Waals surface area contributed by atoms with Gasteiger partial charge in [0, 0.05) is 38.5 Å². The molecule has 8 nitrogen and oxygen atoms in total. The summed E-state index contributed by atoms with van der Waals surface area (Å²) in [6, 6.07) is 47.1. The molecule has 0 saturated carbocycles. The van der Waals surface area contributed by atoms with Crippen LogP contribution in [0.4, 0.5) is 0 Å². The van der Waals surface area contributed by atoms with Crippen LogP contribution in [0.3, 0.4) is 0 Å². The highest BCUT2D eigenvalue weighted by Gasteiger charge is 2.52. The predicted octanol–water partition coefficient (Wildman–Crippen LogP) is 20.3. The molecule has 0 aliphatic rings. The molecule has 0 spiro atoms. The molecule has 0 N–H and O–H groups in total. The first-order chi connectivity index (χ1) is 39.9. The third-order valence-electron chi connectivity index (χ3n) is 21.1. The van der Waals surface area contributed by atoms with Crippen LogP contribution in [0.15, 0.2) is 146 Å². The van der Waals surface area contributed by atoms with E-state index in [0.29, 0.717) is 71.6 Å². The van der Waals surface area contributed by atoms with Crippen molar-refractivity contribution < 1.29 is 38.1 Å². The van der Waals surface area contributed by atoms with Crippen molar-refractivity contribution in [2.45, 2.75) is 224 Å². The number of ether oxygens (including phenoxy) is 4. The monoisotopic (exact) mass is 1170 g/mol. The van der Waals surface area contributed by atoms with Crippen LogP contribution in [0, 0.1) is 21.7 Å². The van der Waals surface area contributed by atoms with E-state index in [1.165, 1.54) is 5.56 Å². The lowest BCUT2D eigenvalue weighted by atomic mass is 9.66. The van der Waals surface area contributed by atoms with E-state index in [2.05, 4.69) is 104 Å². The van der Waals surface area contributed by atoms with Crippen molar-refractivity contribution >= 4 is 23.1 Å². The first kappa shape index (κ1) is 68.3. The van der Waals surface area contributed by atoms with Crippen LogP contribution in [0.5, 0.6) is 23.0 Å². The molecule has 8 heteroatoms. The minimum absolute atomic E-state index is 0.0256. The molecule has 6 aromatic rings. The van der Waals surface area contributed by atoms with Crippen LogP contribution in [-0.4, -0.2) is 45.5 Å². The summed E-state index contributed by atoms with van der Waals surface area (Å²) in [6.07, 6.45) is 3.77. The smallest absolute Gasteiger partial charge is 0.172 e. The number of hydrogen-bond acceptors (Lipinski definition) is 8. The topological polar surface area (TPSA) is 105 Å². The fraction of sp³-hybridized carbons (Fsp3) is 0.487. The zero-order valence-corrected chi connectivity index (χ0v) is 56.4. The average molecular weight is 1170 g/mol. The van der Waals surface area contributed by atoms with E-state index in [9.17, 15) is 19.2 Å². The molecule has 6 aromatic carbocycles. The molecule has 86 heavy (non-hydrogen) atoms. The van der Waals surface area contributed by atoms with Crippen LogP contribution in [0.1, 0.15) is 255 Å². The quantitative estimate of drug-likeness (QED) is 0.0428. The van der Waals surface area contributed by atoms with E-state index in [-0.39, 0.29) is 34.1 Å². The van der Waals surface area contributed by atoms with Gasteiger partial charge >= 0.3 is 0 Å². The SMILES string of the molecule is CCC(C)(C)Oc1ccc(C(C)(C)c2ccc(OC(C)(C)C(C)(CC)C(=O)c3ccc(C(=O)C(C)(CC)C(C)(CC)Oc4ccc(C(C)(C)c5ccc(OC(C)(C)C(C)(CC)C(=O)c6cccc(C(=O)C(C)(C)CC)c6)cc5)cc4)cc3)cc2)cc1. The van der Waals surface area contributed by atoms with Crippen molar-refractivity contribution in [2.75, 3.05) is 0 Å². The van der Waals surface area contributed by atoms with Gasteiger partial charge in [-0.1, -0.05) is 174 Å². The summed E-state index contributed by atoms with van der Waals surface area (Å²) in [5, 5.41) is 0. The van der Waals surface area contributed by atoms with Crippen molar-refractivity contribution in [3.63, 3.8) is 0 Å². The average Bonchev–Trinajstić information content (AvgIpc) is 2.18. The highest BCUT2D eigenvalue weighted by Crippen LogP contribution is 2.47.